The van der Waals surface area contributed by atoms with Crippen LogP contribution < -0.4 is 0 Å². The number of esters is 1. The van der Waals surface area contributed by atoms with Crippen LogP contribution in [0.1, 0.15) is 6.42 Å². The van der Waals surface area contributed by atoms with Crippen molar-refractivity contribution in [2.75, 3.05) is 26.4 Å². The molecule has 0 aliphatic carbocycles. The van der Waals surface area contributed by atoms with Crippen LogP contribution in [0.15, 0.2) is 12.7 Å². The number of ether oxygens (including phenoxy) is 4. The average Bonchev–Trinajstić information content (AvgIpc) is 2.96. The minimum absolute atomic E-state index is 0.0343. The second-order valence-electron chi connectivity index (χ2n) is 4.36. The van der Waals surface area contributed by atoms with E-state index in [1.165, 1.54) is 0 Å². The lowest BCUT2D eigenvalue weighted by Gasteiger charge is -2.18. The van der Waals surface area contributed by atoms with Crippen molar-refractivity contribution in [2.24, 2.45) is 0 Å². The lowest BCUT2D eigenvalue weighted by atomic mass is 10.1. The Bertz CT molecular complexity index is 305. The van der Waals surface area contributed by atoms with Crippen molar-refractivity contribution >= 4 is 5.97 Å². The van der Waals surface area contributed by atoms with Crippen LogP contribution >= 0.6 is 0 Å². The van der Waals surface area contributed by atoms with Gasteiger partial charge in [0.2, 0.25) is 0 Å². The molecule has 6 heteroatoms. The Labute approximate surface area is 105 Å². The van der Waals surface area contributed by atoms with E-state index in [4.69, 9.17) is 18.9 Å². The maximum atomic E-state index is 10.8. The smallest absolute Gasteiger partial charge is 0.330 e. The van der Waals surface area contributed by atoms with Crippen LogP contribution in [0.2, 0.25) is 0 Å². The van der Waals surface area contributed by atoms with Crippen molar-refractivity contribution in [2.45, 2.75) is 30.8 Å². The molecule has 0 aromatic rings. The van der Waals surface area contributed by atoms with Gasteiger partial charge in [-0.1, -0.05) is 6.58 Å². The SMILES string of the molecule is C=CC(=O)OCC(O)COC1COC2CCOC21. The lowest BCUT2D eigenvalue weighted by molar-refractivity contribution is -0.143. The maximum absolute atomic E-state index is 10.8. The van der Waals surface area contributed by atoms with Crippen LogP contribution in [-0.2, 0) is 23.7 Å². The second-order valence-corrected chi connectivity index (χ2v) is 4.36. The van der Waals surface area contributed by atoms with Crippen molar-refractivity contribution in [1.29, 1.82) is 0 Å². The largest absolute Gasteiger partial charge is 0.460 e. The zero-order valence-electron chi connectivity index (χ0n) is 10.1. The summed E-state index contributed by atoms with van der Waals surface area (Å²) in [4.78, 5) is 10.8. The molecule has 6 nitrogen and oxygen atoms in total. The molecular weight excluding hydrogens is 240 g/mol. The van der Waals surface area contributed by atoms with Gasteiger partial charge < -0.3 is 24.1 Å². The van der Waals surface area contributed by atoms with E-state index in [1.807, 2.05) is 0 Å². The Balaban J connectivity index is 1.65. The predicted molar refractivity (Wildman–Crippen MR) is 61.0 cm³/mol. The minimum Gasteiger partial charge on any atom is -0.460 e. The summed E-state index contributed by atoms with van der Waals surface area (Å²) in [6, 6.07) is 0. The number of aliphatic hydroxyl groups excluding tert-OH is 1. The molecule has 102 valence electrons. The van der Waals surface area contributed by atoms with Gasteiger partial charge in [0, 0.05) is 12.7 Å². The molecule has 1 N–H and O–H groups in total. The van der Waals surface area contributed by atoms with Gasteiger partial charge in [-0.3, -0.25) is 0 Å². The third-order valence-corrected chi connectivity index (χ3v) is 3.01. The zero-order chi connectivity index (χ0) is 13.0. The highest BCUT2D eigenvalue weighted by Crippen LogP contribution is 2.28. The van der Waals surface area contributed by atoms with E-state index in [0.717, 1.165) is 12.5 Å². The topological polar surface area (TPSA) is 74.2 Å². The van der Waals surface area contributed by atoms with Crippen LogP contribution in [0.5, 0.6) is 0 Å². The summed E-state index contributed by atoms with van der Waals surface area (Å²) in [5.74, 6) is -0.558. The normalized spacial score (nSPS) is 31.9. The number of hydrogen-bond acceptors (Lipinski definition) is 6. The molecule has 2 heterocycles. The van der Waals surface area contributed by atoms with Gasteiger partial charge in [0.05, 0.1) is 19.3 Å². The summed E-state index contributed by atoms with van der Waals surface area (Å²) in [5.41, 5.74) is 0. The summed E-state index contributed by atoms with van der Waals surface area (Å²) in [7, 11) is 0. The van der Waals surface area contributed by atoms with Crippen LogP contribution in [0, 0.1) is 0 Å². The first-order chi connectivity index (χ1) is 8.70. The van der Waals surface area contributed by atoms with Gasteiger partial charge in [0.15, 0.2) is 0 Å². The molecule has 18 heavy (non-hydrogen) atoms. The highest BCUT2D eigenvalue weighted by atomic mass is 16.6. The summed E-state index contributed by atoms with van der Waals surface area (Å²) in [6.07, 6.45) is 1.02. The number of fused-ring (bicyclic) bond motifs is 1. The third kappa shape index (κ3) is 3.29. The van der Waals surface area contributed by atoms with Gasteiger partial charge >= 0.3 is 5.97 Å². The Kier molecular flexibility index (Phi) is 4.71. The Morgan fingerprint density at radius 3 is 3.11 bits per heavy atom. The quantitative estimate of drug-likeness (QED) is 0.518. The molecule has 0 radical (unpaired) electrons. The van der Waals surface area contributed by atoms with Gasteiger partial charge in [-0.05, 0) is 6.42 Å². The lowest BCUT2D eigenvalue weighted by Crippen LogP contribution is -2.34. The molecule has 2 rings (SSSR count). The Morgan fingerprint density at radius 2 is 2.33 bits per heavy atom. The maximum Gasteiger partial charge on any atom is 0.330 e. The molecule has 0 aromatic carbocycles. The fourth-order valence-corrected chi connectivity index (χ4v) is 2.09. The van der Waals surface area contributed by atoms with Crippen molar-refractivity contribution in [1.82, 2.24) is 0 Å². The highest BCUT2D eigenvalue weighted by molar-refractivity contribution is 5.81. The molecule has 2 aliphatic heterocycles. The molecule has 0 aromatic heterocycles. The van der Waals surface area contributed by atoms with Crippen LogP contribution in [0.3, 0.4) is 0 Å². The molecular formula is C12H18O6. The number of aliphatic hydroxyl groups is 1. The Morgan fingerprint density at radius 1 is 1.50 bits per heavy atom. The molecule has 0 saturated carbocycles. The standard InChI is InChI=1S/C12H18O6/c1-2-11(14)18-6-8(13)5-16-10-7-17-9-3-4-15-12(9)10/h2,8-10,12-13H,1,3-7H2. The third-order valence-electron chi connectivity index (χ3n) is 3.01. The monoisotopic (exact) mass is 258 g/mol. The molecule has 0 spiro atoms. The van der Waals surface area contributed by atoms with Crippen LogP contribution in [-0.4, -0.2) is 61.9 Å². The van der Waals surface area contributed by atoms with E-state index < -0.39 is 12.1 Å². The fraction of sp³-hybridized carbons (Fsp3) is 0.750. The number of hydrogen-bond donors (Lipinski definition) is 1. The van der Waals surface area contributed by atoms with Gasteiger partial charge in [0.1, 0.15) is 24.9 Å². The van der Waals surface area contributed by atoms with Gasteiger partial charge in [0.25, 0.3) is 0 Å². The fourth-order valence-electron chi connectivity index (χ4n) is 2.09. The summed E-state index contributed by atoms with van der Waals surface area (Å²) in [6.45, 7) is 4.42. The summed E-state index contributed by atoms with van der Waals surface area (Å²) < 4.78 is 21.2. The van der Waals surface area contributed by atoms with E-state index in [1.54, 1.807) is 0 Å². The van der Waals surface area contributed by atoms with Crippen LogP contribution in [0.4, 0.5) is 0 Å². The predicted octanol–water partition coefficient (Wildman–Crippen LogP) is -0.351. The van der Waals surface area contributed by atoms with Crippen molar-refractivity contribution in [3.63, 3.8) is 0 Å². The zero-order valence-corrected chi connectivity index (χ0v) is 10.1. The second kappa shape index (κ2) is 6.29. The van der Waals surface area contributed by atoms with Crippen molar-refractivity contribution in [3.8, 4) is 0 Å². The van der Waals surface area contributed by atoms with Crippen molar-refractivity contribution in [3.05, 3.63) is 12.7 Å². The molecule has 2 fully saturated rings. The molecule has 4 unspecified atom stereocenters. The molecule has 2 aliphatic rings. The van der Waals surface area contributed by atoms with Gasteiger partial charge in [-0.2, -0.15) is 0 Å². The number of carbonyl (C=O) groups excluding carboxylic acids is 1. The first-order valence-corrected chi connectivity index (χ1v) is 6.02. The average molecular weight is 258 g/mol. The first kappa shape index (κ1) is 13.5. The van der Waals surface area contributed by atoms with Gasteiger partial charge in [-0.15, -0.1) is 0 Å². The molecule has 0 amide bonds. The summed E-state index contributed by atoms with van der Waals surface area (Å²) >= 11 is 0. The number of rotatable bonds is 6. The molecule has 0 bridgehead atoms. The van der Waals surface area contributed by atoms with E-state index in [-0.39, 0.29) is 31.5 Å². The minimum atomic E-state index is -0.852. The van der Waals surface area contributed by atoms with Crippen molar-refractivity contribution < 1.29 is 28.8 Å². The number of carbonyl (C=O) groups is 1. The summed E-state index contributed by atoms with van der Waals surface area (Å²) in [5, 5.41) is 9.58. The van der Waals surface area contributed by atoms with E-state index in [9.17, 15) is 9.90 Å². The van der Waals surface area contributed by atoms with Gasteiger partial charge in [-0.25, -0.2) is 4.79 Å². The van der Waals surface area contributed by atoms with E-state index in [2.05, 4.69) is 6.58 Å². The highest BCUT2D eigenvalue weighted by Gasteiger charge is 2.42. The molecule has 2 saturated heterocycles. The van der Waals surface area contributed by atoms with Crippen LogP contribution in [0.25, 0.3) is 0 Å². The Hall–Kier alpha value is -0.950. The van der Waals surface area contributed by atoms with E-state index in [0.29, 0.717) is 13.2 Å². The van der Waals surface area contributed by atoms with E-state index >= 15 is 0 Å². The first-order valence-electron chi connectivity index (χ1n) is 6.02. The molecule has 4 atom stereocenters.